The van der Waals surface area contributed by atoms with Crippen molar-refractivity contribution in [2.75, 3.05) is 0 Å². The van der Waals surface area contributed by atoms with Gasteiger partial charge in [0.1, 0.15) is 11.9 Å². The Morgan fingerprint density at radius 2 is 2.28 bits per heavy atom. The van der Waals surface area contributed by atoms with Gasteiger partial charge in [0.15, 0.2) is 0 Å². The summed E-state index contributed by atoms with van der Waals surface area (Å²) in [7, 11) is 0. The van der Waals surface area contributed by atoms with Crippen LogP contribution in [0.5, 0.6) is 0 Å². The number of nitriles is 1. The minimum Gasteiger partial charge on any atom is -0.308 e. The maximum atomic E-state index is 13.7. The van der Waals surface area contributed by atoms with E-state index in [1.165, 1.54) is 6.07 Å². The fraction of sp³-hybridized carbons (Fsp3) is 0.231. The van der Waals surface area contributed by atoms with Crippen molar-refractivity contribution in [1.82, 2.24) is 10.3 Å². The molecule has 1 N–H and O–H groups in total. The van der Waals surface area contributed by atoms with E-state index in [0.717, 1.165) is 9.88 Å². The van der Waals surface area contributed by atoms with Gasteiger partial charge in [-0.25, -0.2) is 9.37 Å². The van der Waals surface area contributed by atoms with Crippen LogP contribution in [0.2, 0.25) is 0 Å². The summed E-state index contributed by atoms with van der Waals surface area (Å²) in [6.07, 6.45) is 1.81. The Kier molecular flexibility index (Phi) is 4.03. The zero-order chi connectivity index (χ0) is 13.0. The predicted octanol–water partition coefficient (Wildman–Crippen LogP) is 2.75. The lowest BCUT2D eigenvalue weighted by Crippen LogP contribution is -2.13. The number of nitrogens with zero attached hydrogens (tertiary/aromatic N) is 2. The van der Waals surface area contributed by atoms with Gasteiger partial charge in [0.25, 0.3) is 0 Å². The monoisotopic (exact) mass is 261 g/mol. The van der Waals surface area contributed by atoms with Crippen molar-refractivity contribution in [2.24, 2.45) is 0 Å². The van der Waals surface area contributed by atoms with E-state index < -0.39 is 5.82 Å². The van der Waals surface area contributed by atoms with E-state index >= 15 is 0 Å². The Balaban J connectivity index is 1.97. The van der Waals surface area contributed by atoms with Crippen LogP contribution in [0.4, 0.5) is 4.39 Å². The number of benzene rings is 1. The summed E-state index contributed by atoms with van der Waals surface area (Å²) in [6.45, 7) is 3.00. The summed E-state index contributed by atoms with van der Waals surface area (Å²) in [4.78, 5) is 5.26. The van der Waals surface area contributed by atoms with E-state index in [1.807, 2.05) is 19.2 Å². The molecule has 0 atom stereocenters. The molecule has 0 fully saturated rings. The van der Waals surface area contributed by atoms with Gasteiger partial charge < -0.3 is 5.32 Å². The molecule has 0 spiro atoms. The third-order valence-corrected chi connectivity index (χ3v) is 3.40. The summed E-state index contributed by atoms with van der Waals surface area (Å²) < 4.78 is 13.7. The number of aryl methyl sites for hydroxylation is 1. The maximum absolute atomic E-state index is 13.7. The van der Waals surface area contributed by atoms with Crippen molar-refractivity contribution in [1.29, 1.82) is 5.26 Å². The second kappa shape index (κ2) is 5.71. The SMILES string of the molecule is Cc1ncc(CNCc2cccc(C#N)c2F)s1. The van der Waals surface area contributed by atoms with E-state index in [9.17, 15) is 4.39 Å². The Labute approximate surface area is 109 Å². The van der Waals surface area contributed by atoms with E-state index in [-0.39, 0.29) is 5.56 Å². The molecular formula is C13H12FN3S. The van der Waals surface area contributed by atoms with Gasteiger partial charge in [0, 0.05) is 29.7 Å². The molecule has 0 aliphatic heterocycles. The molecule has 0 saturated carbocycles. The van der Waals surface area contributed by atoms with Crippen LogP contribution in [0.1, 0.15) is 21.0 Å². The number of hydrogen-bond donors (Lipinski definition) is 1. The minimum atomic E-state index is -0.437. The highest BCUT2D eigenvalue weighted by Gasteiger charge is 2.07. The summed E-state index contributed by atoms with van der Waals surface area (Å²) >= 11 is 1.62. The fourth-order valence-corrected chi connectivity index (χ4v) is 2.37. The topological polar surface area (TPSA) is 48.7 Å². The Morgan fingerprint density at radius 1 is 1.44 bits per heavy atom. The first-order valence-electron chi connectivity index (χ1n) is 5.50. The van der Waals surface area contributed by atoms with Crippen molar-refractivity contribution in [3.8, 4) is 6.07 Å². The van der Waals surface area contributed by atoms with Crippen molar-refractivity contribution in [3.05, 3.63) is 51.2 Å². The first-order valence-corrected chi connectivity index (χ1v) is 6.32. The van der Waals surface area contributed by atoms with Crippen molar-refractivity contribution < 1.29 is 4.39 Å². The molecule has 0 bridgehead atoms. The van der Waals surface area contributed by atoms with Crippen LogP contribution < -0.4 is 5.32 Å². The van der Waals surface area contributed by atoms with E-state index in [4.69, 9.17) is 5.26 Å². The highest BCUT2D eigenvalue weighted by Crippen LogP contribution is 2.13. The molecule has 2 aromatic rings. The van der Waals surface area contributed by atoms with E-state index in [2.05, 4.69) is 10.3 Å². The number of thiazole rings is 1. The average Bonchev–Trinajstić information content (AvgIpc) is 2.77. The van der Waals surface area contributed by atoms with Crippen LogP contribution in [-0.2, 0) is 13.1 Å². The fourth-order valence-electron chi connectivity index (χ4n) is 1.61. The summed E-state index contributed by atoms with van der Waals surface area (Å²) in [5.74, 6) is -0.437. The second-order valence-electron chi connectivity index (χ2n) is 3.84. The molecule has 0 unspecified atom stereocenters. The third kappa shape index (κ3) is 2.92. The number of nitrogens with one attached hydrogen (secondary N) is 1. The van der Waals surface area contributed by atoms with E-state index in [0.29, 0.717) is 18.7 Å². The minimum absolute atomic E-state index is 0.0861. The zero-order valence-electron chi connectivity index (χ0n) is 9.90. The van der Waals surface area contributed by atoms with Crippen molar-refractivity contribution in [3.63, 3.8) is 0 Å². The van der Waals surface area contributed by atoms with Gasteiger partial charge in [-0.3, -0.25) is 0 Å². The van der Waals surface area contributed by atoms with Crippen LogP contribution in [0.3, 0.4) is 0 Å². The van der Waals surface area contributed by atoms with Gasteiger partial charge in [-0.15, -0.1) is 11.3 Å². The first-order chi connectivity index (χ1) is 8.70. The van der Waals surface area contributed by atoms with Crippen LogP contribution >= 0.6 is 11.3 Å². The predicted molar refractivity (Wildman–Crippen MR) is 68.5 cm³/mol. The van der Waals surface area contributed by atoms with Crippen LogP contribution in [-0.4, -0.2) is 4.98 Å². The van der Waals surface area contributed by atoms with Crippen LogP contribution in [0, 0.1) is 24.1 Å². The lowest BCUT2D eigenvalue weighted by atomic mass is 10.1. The van der Waals surface area contributed by atoms with Crippen molar-refractivity contribution in [2.45, 2.75) is 20.0 Å². The van der Waals surface area contributed by atoms with Gasteiger partial charge in [-0.05, 0) is 13.0 Å². The Morgan fingerprint density at radius 3 is 2.94 bits per heavy atom. The molecule has 5 heteroatoms. The smallest absolute Gasteiger partial charge is 0.145 e. The zero-order valence-corrected chi connectivity index (χ0v) is 10.7. The second-order valence-corrected chi connectivity index (χ2v) is 5.16. The molecule has 0 aliphatic rings. The molecule has 0 amide bonds. The molecule has 0 radical (unpaired) electrons. The molecule has 1 heterocycles. The van der Waals surface area contributed by atoms with Gasteiger partial charge >= 0.3 is 0 Å². The molecule has 1 aromatic carbocycles. The normalized spacial score (nSPS) is 10.3. The highest BCUT2D eigenvalue weighted by molar-refractivity contribution is 7.11. The molecule has 1 aromatic heterocycles. The van der Waals surface area contributed by atoms with Gasteiger partial charge in [0.2, 0.25) is 0 Å². The lowest BCUT2D eigenvalue weighted by Gasteiger charge is -2.05. The van der Waals surface area contributed by atoms with E-state index in [1.54, 1.807) is 23.5 Å². The Hall–Kier alpha value is -1.77. The van der Waals surface area contributed by atoms with Crippen LogP contribution in [0.15, 0.2) is 24.4 Å². The molecule has 92 valence electrons. The largest absolute Gasteiger partial charge is 0.308 e. The number of hydrogen-bond acceptors (Lipinski definition) is 4. The average molecular weight is 261 g/mol. The third-order valence-electron chi connectivity index (χ3n) is 2.48. The summed E-state index contributed by atoms with van der Waals surface area (Å²) in [6, 6.07) is 6.69. The van der Waals surface area contributed by atoms with Crippen LogP contribution in [0.25, 0.3) is 0 Å². The lowest BCUT2D eigenvalue weighted by molar-refractivity contribution is 0.586. The molecule has 0 saturated heterocycles. The number of aromatic nitrogens is 1. The van der Waals surface area contributed by atoms with Gasteiger partial charge in [-0.2, -0.15) is 5.26 Å². The molecule has 3 nitrogen and oxygen atoms in total. The maximum Gasteiger partial charge on any atom is 0.145 e. The first kappa shape index (κ1) is 12.7. The molecule has 18 heavy (non-hydrogen) atoms. The quantitative estimate of drug-likeness (QED) is 0.920. The highest BCUT2D eigenvalue weighted by atomic mass is 32.1. The number of halogens is 1. The summed E-state index contributed by atoms with van der Waals surface area (Å²) in [5.41, 5.74) is 0.596. The summed E-state index contributed by atoms with van der Waals surface area (Å²) in [5, 5.41) is 12.9. The molecule has 0 aliphatic carbocycles. The van der Waals surface area contributed by atoms with Crippen molar-refractivity contribution >= 4 is 11.3 Å². The molecular weight excluding hydrogens is 249 g/mol. The van der Waals surface area contributed by atoms with Gasteiger partial charge in [0.05, 0.1) is 10.6 Å². The standard InChI is InChI=1S/C13H12FN3S/c1-9-17-8-12(18-9)7-16-6-11-4-2-3-10(5-15)13(11)14/h2-4,8,16H,6-7H2,1H3. The van der Waals surface area contributed by atoms with Gasteiger partial charge in [-0.1, -0.05) is 12.1 Å². The number of rotatable bonds is 4. The Bertz CT molecular complexity index is 586. The molecule has 2 rings (SSSR count).